The van der Waals surface area contributed by atoms with Crippen LogP contribution in [-0.2, 0) is 0 Å². The fourth-order valence-electron chi connectivity index (χ4n) is 3.37. The molecule has 5 rings (SSSR count). The van der Waals surface area contributed by atoms with Gasteiger partial charge in [-0.25, -0.2) is 14.2 Å². The number of furan rings is 2. The maximum atomic E-state index is 13.9. The first-order valence-corrected chi connectivity index (χ1v) is 9.38. The summed E-state index contributed by atoms with van der Waals surface area (Å²) in [5.74, 6) is -1.30. The van der Waals surface area contributed by atoms with Crippen LogP contribution in [0.1, 0.15) is 16.3 Å². The van der Waals surface area contributed by atoms with E-state index in [0.717, 1.165) is 28.3 Å². The number of nitrogens with zero attached hydrogens (tertiary/aromatic N) is 1. The van der Waals surface area contributed by atoms with E-state index in [4.69, 9.17) is 8.83 Å². The van der Waals surface area contributed by atoms with Gasteiger partial charge < -0.3 is 8.83 Å². The van der Waals surface area contributed by atoms with Gasteiger partial charge in [0, 0.05) is 11.5 Å². The Morgan fingerprint density at radius 3 is 2.65 bits per heavy atom. The quantitative estimate of drug-likeness (QED) is 0.293. The number of rotatable bonds is 4. The van der Waals surface area contributed by atoms with Crippen molar-refractivity contribution >= 4 is 33.9 Å². The molecule has 152 valence electrons. The van der Waals surface area contributed by atoms with Crippen LogP contribution < -0.4 is 5.43 Å². The number of hydrogen-bond acceptors (Lipinski definition) is 4. The average molecular weight is 416 g/mol. The molecule has 1 N–H and O–H groups in total. The van der Waals surface area contributed by atoms with Gasteiger partial charge in [-0.2, -0.15) is 5.10 Å². The van der Waals surface area contributed by atoms with Gasteiger partial charge in [-0.05, 0) is 47.2 Å². The SMILES string of the molecule is O=C(N/N=C\c1ccc(-c2ccc(F)cc2F)o1)c1cc2c(ccc3ccccc32)o1. The van der Waals surface area contributed by atoms with E-state index in [9.17, 15) is 13.6 Å². The van der Waals surface area contributed by atoms with Crippen LogP contribution in [0.25, 0.3) is 33.1 Å². The van der Waals surface area contributed by atoms with Crippen LogP contribution in [0.15, 0.2) is 86.7 Å². The van der Waals surface area contributed by atoms with Crippen LogP contribution >= 0.6 is 0 Å². The van der Waals surface area contributed by atoms with E-state index in [1.165, 1.54) is 18.3 Å². The smallest absolute Gasteiger partial charge is 0.307 e. The number of nitrogens with one attached hydrogen (secondary N) is 1. The van der Waals surface area contributed by atoms with E-state index in [0.29, 0.717) is 5.58 Å². The highest BCUT2D eigenvalue weighted by Crippen LogP contribution is 2.28. The van der Waals surface area contributed by atoms with Gasteiger partial charge in [0.2, 0.25) is 0 Å². The number of hydrogen-bond donors (Lipinski definition) is 1. The van der Waals surface area contributed by atoms with Crippen LogP contribution in [0.5, 0.6) is 0 Å². The third-order valence-corrected chi connectivity index (χ3v) is 4.83. The Morgan fingerprint density at radius 2 is 1.77 bits per heavy atom. The number of halogens is 2. The lowest BCUT2D eigenvalue weighted by Gasteiger charge is -1.99. The molecule has 0 radical (unpaired) electrons. The molecule has 1 amide bonds. The predicted octanol–water partition coefficient (Wildman–Crippen LogP) is 5.89. The van der Waals surface area contributed by atoms with Crippen molar-refractivity contribution in [1.29, 1.82) is 0 Å². The van der Waals surface area contributed by atoms with Gasteiger partial charge in [-0.15, -0.1) is 0 Å². The maximum Gasteiger partial charge on any atom is 0.307 e. The summed E-state index contributed by atoms with van der Waals surface area (Å²) in [4.78, 5) is 12.4. The fourth-order valence-corrected chi connectivity index (χ4v) is 3.37. The van der Waals surface area contributed by atoms with Crippen LogP contribution in [0.2, 0.25) is 0 Å². The molecule has 0 aliphatic carbocycles. The Balaban J connectivity index is 1.33. The third kappa shape index (κ3) is 3.57. The number of carbonyl (C=O) groups is 1. The van der Waals surface area contributed by atoms with Crippen molar-refractivity contribution in [2.45, 2.75) is 0 Å². The molecule has 5 aromatic rings. The van der Waals surface area contributed by atoms with Gasteiger partial charge in [-0.1, -0.05) is 30.3 Å². The van der Waals surface area contributed by atoms with Crippen LogP contribution in [0.4, 0.5) is 8.78 Å². The number of amides is 1. The standard InChI is InChI=1S/C24H14F2N2O3/c25-15-6-8-18(20(26)11-15)21-10-7-16(30-21)13-27-28-24(29)23-12-19-17-4-2-1-3-14(17)5-9-22(19)31-23/h1-13H,(H,28,29)/b27-13-. The molecule has 0 unspecified atom stereocenters. The molecule has 31 heavy (non-hydrogen) atoms. The maximum absolute atomic E-state index is 13.9. The molecule has 0 saturated heterocycles. The lowest BCUT2D eigenvalue weighted by Crippen LogP contribution is -2.16. The van der Waals surface area contributed by atoms with Gasteiger partial charge in [0.1, 0.15) is 28.7 Å². The van der Waals surface area contributed by atoms with Gasteiger partial charge in [0.05, 0.1) is 11.8 Å². The summed E-state index contributed by atoms with van der Waals surface area (Å²) in [6, 6.07) is 19.5. The fraction of sp³-hybridized carbons (Fsp3) is 0. The van der Waals surface area contributed by atoms with Gasteiger partial charge >= 0.3 is 5.91 Å². The average Bonchev–Trinajstić information content (AvgIpc) is 3.41. The predicted molar refractivity (Wildman–Crippen MR) is 113 cm³/mol. The topological polar surface area (TPSA) is 67.7 Å². The number of fused-ring (bicyclic) bond motifs is 3. The first kappa shape index (κ1) is 18.7. The Kier molecular flexibility index (Phi) is 4.55. The zero-order chi connectivity index (χ0) is 21.4. The van der Waals surface area contributed by atoms with E-state index in [2.05, 4.69) is 10.5 Å². The minimum absolute atomic E-state index is 0.122. The van der Waals surface area contributed by atoms with E-state index < -0.39 is 17.5 Å². The first-order chi connectivity index (χ1) is 15.1. The van der Waals surface area contributed by atoms with Crippen molar-refractivity contribution in [3.63, 3.8) is 0 Å². The van der Waals surface area contributed by atoms with Crippen LogP contribution in [0, 0.1) is 11.6 Å². The number of hydrazone groups is 1. The summed E-state index contributed by atoms with van der Waals surface area (Å²) in [5, 5.41) is 6.74. The summed E-state index contributed by atoms with van der Waals surface area (Å²) < 4.78 is 38.1. The molecule has 2 heterocycles. The van der Waals surface area contributed by atoms with Crippen molar-refractivity contribution in [3.05, 3.63) is 96.0 Å². The highest BCUT2D eigenvalue weighted by Gasteiger charge is 2.14. The Bertz CT molecular complexity index is 1470. The molecule has 5 nitrogen and oxygen atoms in total. The molecule has 0 saturated carbocycles. The molecule has 3 aromatic carbocycles. The molecule has 0 atom stereocenters. The molecule has 0 aliphatic rings. The summed E-state index contributed by atoms with van der Waals surface area (Å²) in [6.07, 6.45) is 1.28. The van der Waals surface area contributed by atoms with Crippen molar-refractivity contribution in [3.8, 4) is 11.3 Å². The summed E-state index contributed by atoms with van der Waals surface area (Å²) in [5.41, 5.74) is 3.10. The molecule has 0 bridgehead atoms. The van der Waals surface area contributed by atoms with Crippen LogP contribution in [0.3, 0.4) is 0 Å². The second-order valence-electron chi connectivity index (χ2n) is 6.83. The Labute approximate surface area is 174 Å². The molecule has 7 heteroatoms. The van der Waals surface area contributed by atoms with Crippen molar-refractivity contribution < 1.29 is 22.4 Å². The Morgan fingerprint density at radius 1 is 0.903 bits per heavy atom. The summed E-state index contributed by atoms with van der Waals surface area (Å²) in [6.45, 7) is 0. The van der Waals surface area contributed by atoms with Crippen LogP contribution in [-0.4, -0.2) is 12.1 Å². The van der Waals surface area contributed by atoms with Gasteiger partial charge in [-0.3, -0.25) is 4.79 Å². The molecule has 0 fully saturated rings. The van der Waals surface area contributed by atoms with Crippen molar-refractivity contribution in [2.75, 3.05) is 0 Å². The third-order valence-electron chi connectivity index (χ3n) is 4.83. The number of carbonyl (C=O) groups excluding carboxylic acids is 1. The second kappa shape index (κ2) is 7.53. The number of benzene rings is 3. The summed E-state index contributed by atoms with van der Waals surface area (Å²) >= 11 is 0. The minimum Gasteiger partial charge on any atom is -0.455 e. The summed E-state index contributed by atoms with van der Waals surface area (Å²) in [7, 11) is 0. The molecular weight excluding hydrogens is 402 g/mol. The second-order valence-corrected chi connectivity index (χ2v) is 6.83. The molecular formula is C24H14F2N2O3. The minimum atomic E-state index is -0.733. The van der Waals surface area contributed by atoms with E-state index >= 15 is 0 Å². The lowest BCUT2D eigenvalue weighted by molar-refractivity contribution is 0.0929. The largest absolute Gasteiger partial charge is 0.455 e. The molecule has 2 aromatic heterocycles. The van der Waals surface area contributed by atoms with Crippen molar-refractivity contribution in [2.24, 2.45) is 5.10 Å². The van der Waals surface area contributed by atoms with E-state index in [1.54, 1.807) is 12.1 Å². The zero-order valence-electron chi connectivity index (χ0n) is 15.9. The van der Waals surface area contributed by atoms with Gasteiger partial charge in [0.15, 0.2) is 5.76 Å². The normalized spacial score (nSPS) is 11.5. The molecule has 0 aliphatic heterocycles. The molecule has 0 spiro atoms. The highest BCUT2D eigenvalue weighted by atomic mass is 19.1. The van der Waals surface area contributed by atoms with Crippen molar-refractivity contribution in [1.82, 2.24) is 5.43 Å². The van der Waals surface area contributed by atoms with E-state index in [-0.39, 0.29) is 22.8 Å². The highest BCUT2D eigenvalue weighted by molar-refractivity contribution is 6.08. The monoisotopic (exact) mass is 416 g/mol. The zero-order valence-corrected chi connectivity index (χ0v) is 15.9. The van der Waals surface area contributed by atoms with E-state index in [1.807, 2.05) is 36.4 Å². The first-order valence-electron chi connectivity index (χ1n) is 9.38. The van der Waals surface area contributed by atoms with Gasteiger partial charge in [0.25, 0.3) is 0 Å². The Hall–Kier alpha value is -4.26. The lowest BCUT2D eigenvalue weighted by atomic mass is 10.1.